The fourth-order valence-corrected chi connectivity index (χ4v) is 0.908. The molecule has 1 aromatic rings. The molecule has 16 heavy (non-hydrogen) atoms. The Labute approximate surface area is 138 Å². The molecule has 0 atom stereocenters. The van der Waals surface area contributed by atoms with Crippen LogP contribution < -0.4 is 9.47 Å². The number of carbonyl (C=O) groups is 2. The molecule has 76 valence electrons. The third-order valence-corrected chi connectivity index (χ3v) is 1.35. The van der Waals surface area contributed by atoms with Gasteiger partial charge < -0.3 is 9.47 Å². The van der Waals surface area contributed by atoms with Gasteiger partial charge in [0.15, 0.2) is 0 Å². The van der Waals surface area contributed by atoms with Crippen LogP contribution in [0.15, 0.2) is 24.3 Å². The van der Waals surface area contributed by atoms with Gasteiger partial charge in [-0.3, -0.25) is 9.59 Å². The minimum atomic E-state index is -0.384. The molecule has 0 aliphatic carbocycles. The van der Waals surface area contributed by atoms with Crippen LogP contribution in [0.25, 0.3) is 0 Å². The Hall–Kier alpha value is 0.160. The van der Waals surface area contributed by atoms with Gasteiger partial charge in [-0.25, -0.2) is 0 Å². The van der Waals surface area contributed by atoms with Gasteiger partial charge in [0, 0.05) is 73.0 Å². The number of ether oxygens (including phenoxy) is 2. The summed E-state index contributed by atoms with van der Waals surface area (Å²) in [7, 11) is 0. The summed E-state index contributed by atoms with van der Waals surface area (Å²) in [6.45, 7) is 2.64. The summed E-state index contributed by atoms with van der Waals surface area (Å²) < 4.78 is 9.59. The van der Waals surface area contributed by atoms with Crippen molar-refractivity contribution in [3.05, 3.63) is 24.3 Å². The zero-order valence-electron chi connectivity index (χ0n) is 9.94. The van der Waals surface area contributed by atoms with Crippen molar-refractivity contribution in [3.8, 4) is 11.5 Å². The molecule has 0 amide bonds. The first kappa shape index (κ1) is 18.5. The SMILES string of the molecule is CC(=O)Oc1ccc(OC(C)=O)cc1.[Na].[Na]. The summed E-state index contributed by atoms with van der Waals surface area (Å²) in [5.41, 5.74) is 0. The van der Waals surface area contributed by atoms with Crippen molar-refractivity contribution < 1.29 is 19.1 Å². The van der Waals surface area contributed by atoms with Gasteiger partial charge >= 0.3 is 11.9 Å². The molecule has 6 heteroatoms. The smallest absolute Gasteiger partial charge is 0.308 e. The predicted molar refractivity (Wildman–Crippen MR) is 60.6 cm³/mol. The molecule has 0 aliphatic rings. The Morgan fingerprint density at radius 2 is 1.06 bits per heavy atom. The second-order valence-corrected chi connectivity index (χ2v) is 2.66. The zero-order valence-corrected chi connectivity index (χ0v) is 13.9. The molecule has 0 aromatic heterocycles. The number of esters is 2. The van der Waals surface area contributed by atoms with Crippen LogP contribution in [0.3, 0.4) is 0 Å². The number of rotatable bonds is 2. The van der Waals surface area contributed by atoms with Crippen LogP contribution in [-0.2, 0) is 9.59 Å². The summed E-state index contributed by atoms with van der Waals surface area (Å²) in [6, 6.07) is 6.22. The quantitative estimate of drug-likeness (QED) is 0.435. The average molecular weight is 240 g/mol. The maximum Gasteiger partial charge on any atom is 0.308 e. The van der Waals surface area contributed by atoms with E-state index in [2.05, 4.69) is 0 Å². The molecule has 0 fully saturated rings. The van der Waals surface area contributed by atoms with Gasteiger partial charge in [0.1, 0.15) is 11.5 Å². The molecule has 0 spiro atoms. The van der Waals surface area contributed by atoms with E-state index in [-0.39, 0.29) is 71.1 Å². The minimum absolute atomic E-state index is 0. The first-order valence-corrected chi connectivity index (χ1v) is 4.05. The van der Waals surface area contributed by atoms with E-state index in [1.807, 2.05) is 0 Å². The van der Waals surface area contributed by atoms with E-state index >= 15 is 0 Å². The standard InChI is InChI=1S/C10H10O4.2Na/c1-7(11)13-9-3-5-10(6-4-9)14-8(2)12;;/h3-6H,1-2H3;;. The Kier molecular flexibility index (Phi) is 10.7. The Morgan fingerprint density at radius 1 is 0.812 bits per heavy atom. The van der Waals surface area contributed by atoms with Gasteiger partial charge in [0.2, 0.25) is 0 Å². The third kappa shape index (κ3) is 7.44. The second kappa shape index (κ2) is 9.22. The fraction of sp³-hybridized carbons (Fsp3) is 0.200. The second-order valence-electron chi connectivity index (χ2n) is 2.66. The normalized spacial score (nSPS) is 8.12. The fourth-order valence-electron chi connectivity index (χ4n) is 0.908. The van der Waals surface area contributed by atoms with E-state index in [4.69, 9.17) is 9.47 Å². The Morgan fingerprint density at radius 3 is 1.25 bits per heavy atom. The topological polar surface area (TPSA) is 52.6 Å². The van der Waals surface area contributed by atoms with Crippen molar-refractivity contribution in [1.29, 1.82) is 0 Å². The molecule has 0 bridgehead atoms. The molecule has 2 radical (unpaired) electrons. The van der Waals surface area contributed by atoms with Gasteiger partial charge in [-0.05, 0) is 24.3 Å². The van der Waals surface area contributed by atoms with Gasteiger partial charge in [-0.1, -0.05) is 0 Å². The van der Waals surface area contributed by atoms with Crippen molar-refractivity contribution in [3.63, 3.8) is 0 Å². The van der Waals surface area contributed by atoms with Crippen LogP contribution >= 0.6 is 0 Å². The number of hydrogen-bond acceptors (Lipinski definition) is 4. The monoisotopic (exact) mass is 240 g/mol. The molecule has 0 N–H and O–H groups in total. The molecule has 4 nitrogen and oxygen atoms in total. The summed E-state index contributed by atoms with van der Waals surface area (Å²) in [4.78, 5) is 21.1. The molecule has 0 saturated heterocycles. The summed E-state index contributed by atoms with van der Waals surface area (Å²) in [5, 5.41) is 0. The van der Waals surface area contributed by atoms with Crippen LogP contribution in [0.2, 0.25) is 0 Å². The maximum atomic E-state index is 10.6. The average Bonchev–Trinajstić information content (AvgIpc) is 2.06. The van der Waals surface area contributed by atoms with Crippen LogP contribution in [0.5, 0.6) is 11.5 Å². The molecule has 1 aromatic carbocycles. The summed E-state index contributed by atoms with van der Waals surface area (Å²) in [5.74, 6) is 0.0808. The maximum absolute atomic E-state index is 10.6. The first-order chi connectivity index (χ1) is 6.58. The van der Waals surface area contributed by atoms with Crippen molar-refractivity contribution >= 4 is 71.1 Å². The summed E-state index contributed by atoms with van der Waals surface area (Å²) >= 11 is 0. The molecule has 0 aliphatic heterocycles. The molecule has 0 heterocycles. The van der Waals surface area contributed by atoms with Gasteiger partial charge in [-0.15, -0.1) is 0 Å². The third-order valence-electron chi connectivity index (χ3n) is 1.35. The van der Waals surface area contributed by atoms with Gasteiger partial charge in [0.25, 0.3) is 0 Å². The van der Waals surface area contributed by atoms with E-state index in [0.717, 1.165) is 0 Å². The van der Waals surface area contributed by atoms with Crippen molar-refractivity contribution in [2.45, 2.75) is 13.8 Å². The van der Waals surface area contributed by atoms with Crippen LogP contribution in [0.1, 0.15) is 13.8 Å². The van der Waals surface area contributed by atoms with Crippen molar-refractivity contribution in [2.24, 2.45) is 0 Å². The first-order valence-electron chi connectivity index (χ1n) is 4.05. The predicted octanol–water partition coefficient (Wildman–Crippen LogP) is 0.776. The molecular weight excluding hydrogens is 230 g/mol. The van der Waals surface area contributed by atoms with Crippen LogP contribution in [0, 0.1) is 0 Å². The van der Waals surface area contributed by atoms with E-state index in [0.29, 0.717) is 11.5 Å². The van der Waals surface area contributed by atoms with E-state index in [1.54, 1.807) is 24.3 Å². The van der Waals surface area contributed by atoms with Crippen LogP contribution in [-0.4, -0.2) is 71.1 Å². The molecule has 1 rings (SSSR count). The van der Waals surface area contributed by atoms with E-state index in [1.165, 1.54) is 13.8 Å². The largest absolute Gasteiger partial charge is 0.427 e. The van der Waals surface area contributed by atoms with Crippen molar-refractivity contribution in [1.82, 2.24) is 0 Å². The molecular formula is C10H10Na2O4. The van der Waals surface area contributed by atoms with Crippen molar-refractivity contribution in [2.75, 3.05) is 0 Å². The number of carbonyl (C=O) groups excluding carboxylic acids is 2. The van der Waals surface area contributed by atoms with Gasteiger partial charge in [-0.2, -0.15) is 0 Å². The van der Waals surface area contributed by atoms with Crippen LogP contribution in [0.4, 0.5) is 0 Å². The molecule has 0 saturated carbocycles. The molecule has 0 unspecified atom stereocenters. The van der Waals surface area contributed by atoms with E-state index in [9.17, 15) is 9.59 Å². The Balaban J connectivity index is 0. The number of benzene rings is 1. The minimum Gasteiger partial charge on any atom is -0.427 e. The van der Waals surface area contributed by atoms with Gasteiger partial charge in [0.05, 0.1) is 0 Å². The number of hydrogen-bond donors (Lipinski definition) is 0. The summed E-state index contributed by atoms with van der Waals surface area (Å²) in [6.07, 6.45) is 0. The zero-order chi connectivity index (χ0) is 10.6. The Bertz CT molecular complexity index is 313. The van der Waals surface area contributed by atoms with E-state index < -0.39 is 0 Å².